The number of benzene rings is 1. The summed E-state index contributed by atoms with van der Waals surface area (Å²) in [6, 6.07) is 7.32. The summed E-state index contributed by atoms with van der Waals surface area (Å²) in [5, 5.41) is 15.6. The molecule has 43 heavy (non-hydrogen) atoms. The molecule has 3 aromatic heterocycles. The molecule has 0 saturated heterocycles. The first kappa shape index (κ1) is 31.4. The maximum Gasteiger partial charge on any atom is 0.460 e. The molecule has 3 heterocycles. The second-order valence-electron chi connectivity index (χ2n) is 9.20. The minimum Gasteiger partial charge on any atom is -0.355 e. The fourth-order valence-corrected chi connectivity index (χ4v) is 4.23. The van der Waals surface area contributed by atoms with E-state index >= 15 is 0 Å². The molecule has 0 unspecified atom stereocenters. The van der Waals surface area contributed by atoms with Crippen LogP contribution in [0.3, 0.4) is 0 Å². The van der Waals surface area contributed by atoms with Gasteiger partial charge in [0.25, 0.3) is 11.8 Å². The summed E-state index contributed by atoms with van der Waals surface area (Å²) in [7, 11) is 1.38. The highest BCUT2D eigenvalue weighted by Crippen LogP contribution is 2.51. The number of halogens is 8. The number of hydrogen-bond acceptors (Lipinski definition) is 6. The Bertz CT molecular complexity index is 1700. The molecule has 0 aliphatic heterocycles. The summed E-state index contributed by atoms with van der Waals surface area (Å²) in [6.45, 7) is 2.69. The van der Waals surface area contributed by atoms with Crippen molar-refractivity contribution in [2.45, 2.75) is 38.4 Å². The number of rotatable bonds is 8. The van der Waals surface area contributed by atoms with Crippen molar-refractivity contribution in [1.29, 1.82) is 0 Å². The number of anilines is 1. The van der Waals surface area contributed by atoms with Crippen LogP contribution in [0.4, 0.5) is 36.4 Å². The predicted octanol–water partition coefficient (Wildman–Crippen LogP) is 5.08. The van der Waals surface area contributed by atoms with Gasteiger partial charge in [0.2, 0.25) is 0 Å². The Hall–Kier alpha value is -4.54. The van der Waals surface area contributed by atoms with Crippen molar-refractivity contribution >= 4 is 29.1 Å². The van der Waals surface area contributed by atoms with Gasteiger partial charge in [-0.1, -0.05) is 22.9 Å². The van der Waals surface area contributed by atoms with Crippen molar-refractivity contribution in [3.05, 3.63) is 81.5 Å². The fraction of sp³-hybridized carbons (Fsp3) is 0.280. The molecule has 0 fully saturated rings. The number of pyridine rings is 1. The van der Waals surface area contributed by atoms with E-state index in [1.165, 1.54) is 31.4 Å². The third kappa shape index (κ3) is 5.89. The van der Waals surface area contributed by atoms with E-state index in [9.17, 15) is 40.3 Å². The van der Waals surface area contributed by atoms with E-state index in [2.05, 4.69) is 31.0 Å². The van der Waals surface area contributed by atoms with Crippen LogP contribution in [0.2, 0.25) is 5.02 Å². The second-order valence-corrected chi connectivity index (χ2v) is 9.64. The van der Waals surface area contributed by atoms with Crippen LogP contribution in [0, 0.1) is 13.8 Å². The number of hydrogen-bond donors (Lipinski definition) is 2. The Morgan fingerprint density at radius 1 is 1.00 bits per heavy atom. The molecule has 4 rings (SSSR count). The molecule has 0 atom stereocenters. The third-order valence-electron chi connectivity index (χ3n) is 6.12. The molecule has 2 amide bonds. The summed E-state index contributed by atoms with van der Waals surface area (Å²) in [5.74, 6) is -13.3. The molecule has 0 aliphatic carbocycles. The molecule has 1 aromatic carbocycles. The van der Waals surface area contributed by atoms with Crippen molar-refractivity contribution in [2.24, 2.45) is 0 Å². The quantitative estimate of drug-likeness (QED) is 0.262. The van der Waals surface area contributed by atoms with E-state index in [0.717, 1.165) is 4.68 Å². The number of aromatic nitrogens is 6. The molecule has 0 saturated carbocycles. The minimum absolute atomic E-state index is 0.0490. The maximum atomic E-state index is 14.1. The molecule has 18 heteroatoms. The molecular weight excluding hydrogens is 613 g/mol. The Balaban J connectivity index is 1.73. The van der Waals surface area contributed by atoms with Crippen molar-refractivity contribution in [2.75, 3.05) is 12.4 Å². The van der Waals surface area contributed by atoms with E-state index in [1.54, 1.807) is 26.0 Å². The van der Waals surface area contributed by atoms with Crippen LogP contribution in [0.5, 0.6) is 0 Å². The van der Waals surface area contributed by atoms with Crippen LogP contribution < -0.4 is 10.6 Å². The largest absolute Gasteiger partial charge is 0.460 e. The van der Waals surface area contributed by atoms with Gasteiger partial charge in [0, 0.05) is 18.3 Å². The Kier molecular flexibility index (Phi) is 8.23. The molecular formula is C25H20ClF7N8O2. The molecule has 0 bridgehead atoms. The summed E-state index contributed by atoms with van der Waals surface area (Å²) in [5.41, 5.74) is -0.987. The number of alkyl halides is 7. The van der Waals surface area contributed by atoms with Crippen LogP contribution >= 0.6 is 11.6 Å². The SMILES string of the molecule is CNC(=O)c1cc(Cl)cc(C)c1NC(=O)c1cc(Cn2cc(C(F)(F)C(F)(F)C(F)(F)F)nn2)nn1-c1ncccc1C. The van der Waals surface area contributed by atoms with Crippen molar-refractivity contribution in [3.8, 4) is 5.82 Å². The van der Waals surface area contributed by atoms with E-state index in [0.29, 0.717) is 15.8 Å². The van der Waals surface area contributed by atoms with E-state index < -0.39 is 42.1 Å². The number of carbonyl (C=O) groups is 2. The van der Waals surface area contributed by atoms with E-state index in [-0.39, 0.29) is 39.7 Å². The van der Waals surface area contributed by atoms with Gasteiger partial charge in [0.05, 0.1) is 29.7 Å². The van der Waals surface area contributed by atoms with E-state index in [1.807, 2.05) is 0 Å². The van der Waals surface area contributed by atoms with Crippen LogP contribution in [-0.2, 0) is 12.5 Å². The lowest BCUT2D eigenvalue weighted by molar-refractivity contribution is -0.360. The minimum atomic E-state index is -6.55. The summed E-state index contributed by atoms with van der Waals surface area (Å²) < 4.78 is 94.6. The molecule has 0 aliphatic rings. The number of nitrogens with zero attached hydrogens (tertiary/aromatic N) is 6. The number of amides is 2. The molecule has 0 spiro atoms. The van der Waals surface area contributed by atoms with Crippen LogP contribution in [0.15, 0.2) is 42.7 Å². The first-order valence-corrected chi connectivity index (χ1v) is 12.4. The molecule has 2 N–H and O–H groups in total. The first-order valence-electron chi connectivity index (χ1n) is 12.1. The third-order valence-corrected chi connectivity index (χ3v) is 6.34. The van der Waals surface area contributed by atoms with Gasteiger partial charge in [0.15, 0.2) is 11.5 Å². The molecule has 0 radical (unpaired) electrons. The van der Waals surface area contributed by atoms with Gasteiger partial charge in [-0.3, -0.25) is 9.59 Å². The summed E-state index contributed by atoms with van der Waals surface area (Å²) in [4.78, 5) is 30.2. The lowest BCUT2D eigenvalue weighted by atomic mass is 10.1. The van der Waals surface area contributed by atoms with Crippen LogP contribution in [0.25, 0.3) is 5.82 Å². The van der Waals surface area contributed by atoms with Crippen LogP contribution in [0.1, 0.15) is 43.4 Å². The Morgan fingerprint density at radius 2 is 1.70 bits per heavy atom. The number of carbonyl (C=O) groups excluding carboxylic acids is 2. The van der Waals surface area contributed by atoms with Crippen LogP contribution in [-0.4, -0.2) is 60.7 Å². The normalized spacial score (nSPS) is 12.3. The van der Waals surface area contributed by atoms with Gasteiger partial charge in [-0.25, -0.2) is 14.3 Å². The number of aryl methyl sites for hydroxylation is 2. The zero-order valence-electron chi connectivity index (χ0n) is 22.3. The lowest BCUT2D eigenvalue weighted by Crippen LogP contribution is -2.50. The molecule has 10 nitrogen and oxygen atoms in total. The van der Waals surface area contributed by atoms with Gasteiger partial charge < -0.3 is 10.6 Å². The topological polar surface area (TPSA) is 120 Å². The number of nitrogens with one attached hydrogen (secondary N) is 2. The molecule has 228 valence electrons. The van der Waals surface area contributed by atoms with Crippen molar-refractivity contribution in [3.63, 3.8) is 0 Å². The standard InChI is InChI=1S/C25H20ClF7N8O2/c1-12-5-4-6-35-20(12)41-17(22(43)36-19-13(2)7-14(26)8-16(19)21(42)34-3)9-15(38-41)10-40-11-18(37-39-40)23(27,28)24(29,30)25(31,32)33/h4-9,11H,10H2,1-3H3,(H,34,42)(H,36,43). The monoisotopic (exact) mass is 632 g/mol. The second kappa shape index (κ2) is 11.3. The molecule has 4 aromatic rings. The van der Waals surface area contributed by atoms with Crippen molar-refractivity contribution in [1.82, 2.24) is 35.1 Å². The lowest BCUT2D eigenvalue weighted by Gasteiger charge is -2.26. The fourth-order valence-electron chi connectivity index (χ4n) is 3.95. The van der Waals surface area contributed by atoms with E-state index in [4.69, 9.17) is 11.6 Å². The zero-order chi connectivity index (χ0) is 31.9. The van der Waals surface area contributed by atoms with Gasteiger partial charge in [-0.05, 0) is 49.2 Å². The highest BCUT2D eigenvalue weighted by Gasteiger charge is 2.74. The summed E-state index contributed by atoms with van der Waals surface area (Å²) in [6.07, 6.45) is -4.93. The van der Waals surface area contributed by atoms with Gasteiger partial charge in [-0.15, -0.1) is 5.10 Å². The van der Waals surface area contributed by atoms with Gasteiger partial charge in [0.1, 0.15) is 5.69 Å². The average Bonchev–Trinajstić information content (AvgIpc) is 3.57. The smallest absolute Gasteiger partial charge is 0.355 e. The Morgan fingerprint density at radius 3 is 2.33 bits per heavy atom. The highest BCUT2D eigenvalue weighted by molar-refractivity contribution is 6.31. The highest BCUT2D eigenvalue weighted by atomic mass is 35.5. The van der Waals surface area contributed by atoms with Gasteiger partial charge in [-0.2, -0.15) is 35.8 Å². The Labute approximate surface area is 242 Å². The summed E-state index contributed by atoms with van der Waals surface area (Å²) >= 11 is 6.08. The maximum absolute atomic E-state index is 14.1. The first-order chi connectivity index (χ1) is 20.0. The average molecular weight is 633 g/mol. The van der Waals surface area contributed by atoms with Gasteiger partial charge >= 0.3 is 18.0 Å². The van der Waals surface area contributed by atoms with Crippen molar-refractivity contribution < 1.29 is 40.3 Å². The predicted molar refractivity (Wildman–Crippen MR) is 138 cm³/mol. The zero-order valence-corrected chi connectivity index (χ0v) is 23.0.